The third-order valence-electron chi connectivity index (χ3n) is 1.97. The molecule has 1 heterocycles. The molecule has 1 amide bonds. The van der Waals surface area contributed by atoms with Crippen LogP contribution >= 0.6 is 11.3 Å². The first-order chi connectivity index (χ1) is 6.25. The lowest BCUT2D eigenvalue weighted by Gasteiger charge is -2.00. The number of thiazole rings is 1. The van der Waals surface area contributed by atoms with Gasteiger partial charge in [-0.25, -0.2) is 0 Å². The van der Waals surface area contributed by atoms with Crippen LogP contribution in [0.1, 0.15) is 18.5 Å². The maximum Gasteiger partial charge on any atom is 0.304 e. The Labute approximate surface area is 79.0 Å². The van der Waals surface area contributed by atoms with Crippen molar-refractivity contribution < 1.29 is 4.79 Å². The molecule has 0 aliphatic heterocycles. The van der Waals surface area contributed by atoms with Crippen LogP contribution in [0.2, 0.25) is 0 Å². The van der Waals surface area contributed by atoms with Gasteiger partial charge in [0.1, 0.15) is 0 Å². The van der Waals surface area contributed by atoms with Crippen molar-refractivity contribution in [1.29, 1.82) is 0 Å². The van der Waals surface area contributed by atoms with E-state index in [0.717, 1.165) is 29.9 Å². The summed E-state index contributed by atoms with van der Waals surface area (Å²) in [6, 6.07) is 0. The SMILES string of the molecule is O=C(NCc1csc(=O)[nH]1)C1CC1. The molecular formula is C8H10N2O2S. The second-order valence-electron chi connectivity index (χ2n) is 3.17. The highest BCUT2D eigenvalue weighted by atomic mass is 32.1. The molecule has 0 atom stereocenters. The molecule has 2 rings (SSSR count). The van der Waals surface area contributed by atoms with Crippen LogP contribution in [0.25, 0.3) is 0 Å². The van der Waals surface area contributed by atoms with Crippen molar-refractivity contribution in [2.75, 3.05) is 0 Å². The molecule has 1 aromatic rings. The molecule has 0 aromatic carbocycles. The van der Waals surface area contributed by atoms with E-state index in [-0.39, 0.29) is 16.7 Å². The number of nitrogens with one attached hydrogen (secondary N) is 2. The lowest BCUT2D eigenvalue weighted by molar-refractivity contribution is -0.122. The molecule has 13 heavy (non-hydrogen) atoms. The highest BCUT2D eigenvalue weighted by molar-refractivity contribution is 7.07. The second-order valence-corrected chi connectivity index (χ2v) is 4.01. The van der Waals surface area contributed by atoms with Crippen LogP contribution in [-0.2, 0) is 11.3 Å². The first kappa shape index (κ1) is 8.50. The number of carbonyl (C=O) groups excluding carboxylic acids is 1. The van der Waals surface area contributed by atoms with E-state index in [1.165, 1.54) is 0 Å². The molecule has 2 N–H and O–H groups in total. The predicted molar refractivity (Wildman–Crippen MR) is 49.5 cm³/mol. The van der Waals surface area contributed by atoms with Crippen LogP contribution in [0.3, 0.4) is 0 Å². The zero-order valence-corrected chi connectivity index (χ0v) is 7.82. The molecule has 5 heteroatoms. The molecule has 0 unspecified atom stereocenters. The van der Waals surface area contributed by atoms with Gasteiger partial charge in [0.25, 0.3) is 0 Å². The lowest BCUT2D eigenvalue weighted by Crippen LogP contribution is -2.24. The Kier molecular flexibility index (Phi) is 2.18. The number of H-pyrrole nitrogens is 1. The molecule has 0 saturated heterocycles. The van der Waals surface area contributed by atoms with Crippen LogP contribution in [0.5, 0.6) is 0 Å². The van der Waals surface area contributed by atoms with Crippen molar-refractivity contribution in [2.24, 2.45) is 5.92 Å². The molecule has 4 nitrogen and oxygen atoms in total. The Hall–Kier alpha value is -1.10. The van der Waals surface area contributed by atoms with Gasteiger partial charge in [-0.15, -0.1) is 0 Å². The van der Waals surface area contributed by atoms with Crippen LogP contribution in [-0.4, -0.2) is 10.9 Å². The van der Waals surface area contributed by atoms with Gasteiger partial charge in [-0.05, 0) is 12.8 Å². The molecule has 70 valence electrons. The Morgan fingerprint density at radius 2 is 2.46 bits per heavy atom. The smallest absolute Gasteiger partial charge is 0.304 e. The summed E-state index contributed by atoms with van der Waals surface area (Å²) < 4.78 is 0. The zero-order chi connectivity index (χ0) is 9.26. The van der Waals surface area contributed by atoms with Crippen molar-refractivity contribution >= 4 is 17.2 Å². The second kappa shape index (κ2) is 3.33. The summed E-state index contributed by atoms with van der Waals surface area (Å²) in [5.41, 5.74) is 0.781. The van der Waals surface area contributed by atoms with Crippen LogP contribution in [0, 0.1) is 5.92 Å². The maximum atomic E-state index is 11.2. The number of carbonyl (C=O) groups is 1. The van der Waals surface area contributed by atoms with Crippen molar-refractivity contribution in [1.82, 2.24) is 10.3 Å². The first-order valence-corrected chi connectivity index (χ1v) is 5.08. The van der Waals surface area contributed by atoms with E-state index in [9.17, 15) is 9.59 Å². The average molecular weight is 198 g/mol. The number of aromatic nitrogens is 1. The minimum absolute atomic E-state index is 0.0735. The fourth-order valence-corrected chi connectivity index (χ4v) is 1.65. The summed E-state index contributed by atoms with van der Waals surface area (Å²) >= 11 is 1.12. The van der Waals surface area contributed by atoms with Crippen molar-refractivity contribution in [3.63, 3.8) is 0 Å². The number of rotatable bonds is 3. The van der Waals surface area contributed by atoms with Gasteiger partial charge < -0.3 is 10.3 Å². The van der Waals surface area contributed by atoms with Gasteiger partial charge in [-0.1, -0.05) is 11.3 Å². The van der Waals surface area contributed by atoms with E-state index in [4.69, 9.17) is 0 Å². The van der Waals surface area contributed by atoms with Crippen molar-refractivity contribution in [3.05, 3.63) is 20.7 Å². The first-order valence-electron chi connectivity index (χ1n) is 4.20. The number of amides is 1. The summed E-state index contributed by atoms with van der Waals surface area (Å²) in [7, 11) is 0. The summed E-state index contributed by atoms with van der Waals surface area (Å²) in [5, 5.41) is 4.50. The van der Waals surface area contributed by atoms with Crippen LogP contribution in [0.15, 0.2) is 10.2 Å². The molecule has 1 aromatic heterocycles. The van der Waals surface area contributed by atoms with Gasteiger partial charge in [-0.3, -0.25) is 9.59 Å². The monoisotopic (exact) mass is 198 g/mol. The van der Waals surface area contributed by atoms with E-state index in [1.54, 1.807) is 5.38 Å². The summed E-state index contributed by atoms with van der Waals surface area (Å²) in [4.78, 5) is 24.5. The van der Waals surface area contributed by atoms with Crippen molar-refractivity contribution in [2.45, 2.75) is 19.4 Å². The zero-order valence-electron chi connectivity index (χ0n) is 7.00. The molecule has 0 radical (unpaired) electrons. The van der Waals surface area contributed by atoms with Crippen molar-refractivity contribution in [3.8, 4) is 0 Å². The number of aromatic amines is 1. The topological polar surface area (TPSA) is 62.0 Å². The minimum atomic E-state index is -0.0735. The quantitative estimate of drug-likeness (QED) is 0.741. The molecule has 1 aliphatic rings. The van der Waals surface area contributed by atoms with Gasteiger partial charge in [0.15, 0.2) is 0 Å². The third-order valence-corrected chi connectivity index (χ3v) is 2.69. The summed E-state index contributed by atoms with van der Waals surface area (Å²) in [6.45, 7) is 0.439. The van der Waals surface area contributed by atoms with E-state index in [2.05, 4.69) is 10.3 Å². The largest absolute Gasteiger partial charge is 0.350 e. The normalized spacial score (nSPS) is 15.7. The van der Waals surface area contributed by atoms with Gasteiger partial charge in [0.2, 0.25) is 5.91 Å². The Morgan fingerprint density at radius 3 is 3.00 bits per heavy atom. The highest BCUT2D eigenvalue weighted by Crippen LogP contribution is 2.28. The Morgan fingerprint density at radius 1 is 1.69 bits per heavy atom. The van der Waals surface area contributed by atoms with Crippen LogP contribution < -0.4 is 10.2 Å². The Balaban J connectivity index is 1.85. The van der Waals surface area contributed by atoms with Gasteiger partial charge in [0.05, 0.1) is 6.54 Å². The summed E-state index contributed by atoms with van der Waals surface area (Å²) in [6.07, 6.45) is 2.01. The van der Waals surface area contributed by atoms with Crippen LogP contribution in [0.4, 0.5) is 0 Å². The minimum Gasteiger partial charge on any atom is -0.350 e. The van der Waals surface area contributed by atoms with Gasteiger partial charge in [-0.2, -0.15) is 0 Å². The van der Waals surface area contributed by atoms with E-state index in [0.29, 0.717) is 6.54 Å². The lowest BCUT2D eigenvalue weighted by atomic mass is 10.4. The highest BCUT2D eigenvalue weighted by Gasteiger charge is 2.29. The predicted octanol–water partition coefficient (Wildman–Crippen LogP) is 0.463. The maximum absolute atomic E-state index is 11.2. The standard InChI is InChI=1S/C8H10N2O2S/c11-7(5-1-2-5)9-3-6-4-13-8(12)10-6/h4-5H,1-3H2,(H,9,11)(H,10,12). The average Bonchev–Trinajstić information content (AvgIpc) is 2.87. The van der Waals surface area contributed by atoms with E-state index >= 15 is 0 Å². The van der Waals surface area contributed by atoms with Gasteiger partial charge >= 0.3 is 4.87 Å². The molecule has 1 saturated carbocycles. The molecule has 0 spiro atoms. The third kappa shape index (κ3) is 2.18. The molecule has 1 aliphatic carbocycles. The summed E-state index contributed by atoms with van der Waals surface area (Å²) in [5.74, 6) is 0.331. The molecular weight excluding hydrogens is 188 g/mol. The molecule has 1 fully saturated rings. The Bertz CT molecular complexity index is 364. The van der Waals surface area contributed by atoms with Gasteiger partial charge in [0, 0.05) is 17.0 Å². The van der Waals surface area contributed by atoms with E-state index < -0.39 is 0 Å². The van der Waals surface area contributed by atoms with E-state index in [1.807, 2.05) is 0 Å². The number of hydrogen-bond acceptors (Lipinski definition) is 3. The molecule has 0 bridgehead atoms. The fraction of sp³-hybridized carbons (Fsp3) is 0.500. The fourth-order valence-electron chi connectivity index (χ4n) is 1.07. The number of hydrogen-bond donors (Lipinski definition) is 2.